The van der Waals surface area contributed by atoms with Crippen LogP contribution < -0.4 is 10.1 Å². The van der Waals surface area contributed by atoms with E-state index < -0.39 is 0 Å². The highest BCUT2D eigenvalue weighted by Crippen LogP contribution is 2.26. The molecule has 1 heterocycles. The third-order valence-corrected chi connectivity index (χ3v) is 3.50. The van der Waals surface area contributed by atoms with Gasteiger partial charge in [-0.1, -0.05) is 18.2 Å². The van der Waals surface area contributed by atoms with Crippen LogP contribution in [0.1, 0.15) is 16.7 Å². The maximum Gasteiger partial charge on any atom is 0.128 e. The van der Waals surface area contributed by atoms with E-state index in [0.717, 1.165) is 24.5 Å². The van der Waals surface area contributed by atoms with Gasteiger partial charge in [0.05, 0.1) is 6.61 Å². The zero-order valence-electron chi connectivity index (χ0n) is 10.9. The van der Waals surface area contributed by atoms with Gasteiger partial charge in [0, 0.05) is 24.2 Å². The van der Waals surface area contributed by atoms with Gasteiger partial charge < -0.3 is 10.1 Å². The first-order valence-electron chi connectivity index (χ1n) is 6.47. The predicted molar refractivity (Wildman–Crippen MR) is 74.1 cm³/mol. The molecule has 0 atom stereocenters. The molecule has 3 heteroatoms. The molecule has 0 radical (unpaired) electrons. The molecule has 0 fully saturated rings. The van der Waals surface area contributed by atoms with E-state index in [1.807, 2.05) is 18.2 Å². The quantitative estimate of drug-likeness (QED) is 0.905. The molecule has 19 heavy (non-hydrogen) atoms. The molecule has 2 aromatic carbocycles. The van der Waals surface area contributed by atoms with E-state index in [2.05, 4.69) is 11.4 Å². The lowest BCUT2D eigenvalue weighted by atomic mass is 10.1. The molecule has 1 aliphatic rings. The van der Waals surface area contributed by atoms with Crippen LogP contribution in [-0.2, 0) is 13.0 Å². The van der Waals surface area contributed by atoms with Crippen LogP contribution in [-0.4, -0.2) is 6.61 Å². The number of hydrogen-bond acceptors (Lipinski definition) is 2. The van der Waals surface area contributed by atoms with E-state index in [1.165, 1.54) is 17.2 Å². The summed E-state index contributed by atoms with van der Waals surface area (Å²) in [6.45, 7) is 3.25. The Morgan fingerprint density at radius 2 is 2.16 bits per heavy atom. The number of hydrogen-bond donors (Lipinski definition) is 1. The first-order chi connectivity index (χ1) is 9.24. The van der Waals surface area contributed by atoms with Crippen molar-refractivity contribution < 1.29 is 9.13 Å². The summed E-state index contributed by atoms with van der Waals surface area (Å²) in [5, 5.41) is 3.28. The van der Waals surface area contributed by atoms with Crippen molar-refractivity contribution in [1.29, 1.82) is 0 Å². The summed E-state index contributed by atoms with van der Waals surface area (Å²) >= 11 is 0. The van der Waals surface area contributed by atoms with Crippen LogP contribution in [0.4, 0.5) is 10.1 Å². The smallest absolute Gasteiger partial charge is 0.128 e. The van der Waals surface area contributed by atoms with Crippen molar-refractivity contribution in [2.24, 2.45) is 0 Å². The van der Waals surface area contributed by atoms with Gasteiger partial charge >= 0.3 is 0 Å². The van der Waals surface area contributed by atoms with Crippen LogP contribution in [0.3, 0.4) is 0 Å². The number of benzene rings is 2. The minimum atomic E-state index is -0.174. The number of fused-ring (bicyclic) bond motifs is 1. The molecule has 2 nitrogen and oxygen atoms in total. The van der Waals surface area contributed by atoms with Crippen molar-refractivity contribution in [3.63, 3.8) is 0 Å². The lowest BCUT2D eigenvalue weighted by Gasteiger charge is -2.10. The molecule has 1 aliphatic heterocycles. The molecule has 0 aromatic heterocycles. The summed E-state index contributed by atoms with van der Waals surface area (Å²) in [5.41, 5.74) is 3.95. The Morgan fingerprint density at radius 1 is 1.26 bits per heavy atom. The van der Waals surface area contributed by atoms with Crippen molar-refractivity contribution in [2.45, 2.75) is 19.9 Å². The lowest BCUT2D eigenvalue weighted by molar-refractivity contribution is 0.357. The number of ether oxygens (including phenoxy) is 1. The molecule has 0 amide bonds. The number of rotatable bonds is 3. The molecule has 0 spiro atoms. The van der Waals surface area contributed by atoms with Crippen molar-refractivity contribution in [3.8, 4) is 5.75 Å². The van der Waals surface area contributed by atoms with Gasteiger partial charge in [0.25, 0.3) is 0 Å². The minimum absolute atomic E-state index is 0.174. The van der Waals surface area contributed by atoms with Gasteiger partial charge in [-0.25, -0.2) is 4.39 Å². The van der Waals surface area contributed by atoms with Gasteiger partial charge in [-0.05, 0) is 36.2 Å². The highest BCUT2D eigenvalue weighted by atomic mass is 19.1. The molecule has 2 aromatic rings. The second kappa shape index (κ2) is 4.92. The second-order valence-corrected chi connectivity index (χ2v) is 4.81. The fraction of sp³-hybridized carbons (Fsp3) is 0.250. The van der Waals surface area contributed by atoms with E-state index in [4.69, 9.17) is 4.74 Å². The molecule has 98 valence electrons. The molecular formula is C16H16FNO. The first kappa shape index (κ1) is 12.0. The first-order valence-corrected chi connectivity index (χ1v) is 6.47. The highest BCUT2D eigenvalue weighted by molar-refractivity contribution is 5.51. The van der Waals surface area contributed by atoms with Crippen molar-refractivity contribution in [1.82, 2.24) is 0 Å². The van der Waals surface area contributed by atoms with Gasteiger partial charge in [-0.15, -0.1) is 0 Å². The Kier molecular flexibility index (Phi) is 3.11. The normalized spacial score (nSPS) is 12.9. The summed E-state index contributed by atoms with van der Waals surface area (Å²) in [6.07, 6.45) is 0.974. The maximum atomic E-state index is 13.4. The van der Waals surface area contributed by atoms with Gasteiger partial charge in [0.1, 0.15) is 11.6 Å². The number of anilines is 1. The van der Waals surface area contributed by atoms with E-state index >= 15 is 0 Å². The van der Waals surface area contributed by atoms with E-state index in [9.17, 15) is 4.39 Å². The predicted octanol–water partition coefficient (Wildman–Crippen LogP) is 3.68. The average Bonchev–Trinajstić information content (AvgIpc) is 2.88. The molecular weight excluding hydrogens is 241 g/mol. The topological polar surface area (TPSA) is 21.3 Å². The minimum Gasteiger partial charge on any atom is -0.493 e. The van der Waals surface area contributed by atoms with E-state index in [-0.39, 0.29) is 5.82 Å². The Labute approximate surface area is 112 Å². The third-order valence-electron chi connectivity index (χ3n) is 3.50. The molecule has 0 saturated carbocycles. The Hall–Kier alpha value is -2.03. The van der Waals surface area contributed by atoms with Gasteiger partial charge in [0.2, 0.25) is 0 Å². The molecule has 0 unspecified atom stereocenters. The molecule has 3 rings (SSSR count). The fourth-order valence-corrected chi connectivity index (χ4v) is 2.35. The monoisotopic (exact) mass is 257 g/mol. The van der Waals surface area contributed by atoms with Gasteiger partial charge in [-0.3, -0.25) is 0 Å². The lowest BCUT2D eigenvalue weighted by Crippen LogP contribution is -2.02. The molecule has 0 bridgehead atoms. The summed E-state index contributed by atoms with van der Waals surface area (Å²) < 4.78 is 18.9. The van der Waals surface area contributed by atoms with Gasteiger partial charge in [0.15, 0.2) is 0 Å². The highest BCUT2D eigenvalue weighted by Gasteiger charge is 2.12. The number of nitrogens with one attached hydrogen (secondary N) is 1. The average molecular weight is 257 g/mol. The van der Waals surface area contributed by atoms with Crippen molar-refractivity contribution in [3.05, 3.63) is 58.9 Å². The van der Waals surface area contributed by atoms with Gasteiger partial charge in [-0.2, -0.15) is 0 Å². The molecule has 0 aliphatic carbocycles. The standard InChI is InChI=1S/C16H16FNO/c1-11-14(17)3-2-4-15(11)18-10-12-5-6-16-13(9-12)7-8-19-16/h2-6,9,18H,7-8,10H2,1H3. The van der Waals surface area contributed by atoms with Crippen LogP contribution in [0.5, 0.6) is 5.75 Å². The van der Waals surface area contributed by atoms with Crippen LogP contribution >= 0.6 is 0 Å². The third kappa shape index (κ3) is 2.41. The van der Waals surface area contributed by atoms with Crippen molar-refractivity contribution >= 4 is 5.69 Å². The van der Waals surface area contributed by atoms with Crippen LogP contribution in [0, 0.1) is 12.7 Å². The molecule has 0 saturated heterocycles. The van der Waals surface area contributed by atoms with Crippen LogP contribution in [0.2, 0.25) is 0 Å². The largest absolute Gasteiger partial charge is 0.493 e. The zero-order chi connectivity index (χ0) is 13.2. The van der Waals surface area contributed by atoms with Crippen LogP contribution in [0.15, 0.2) is 36.4 Å². The second-order valence-electron chi connectivity index (χ2n) is 4.81. The summed E-state index contributed by atoms with van der Waals surface area (Å²) in [4.78, 5) is 0. The fourth-order valence-electron chi connectivity index (χ4n) is 2.35. The summed E-state index contributed by atoms with van der Waals surface area (Å²) in [7, 11) is 0. The Morgan fingerprint density at radius 3 is 3.05 bits per heavy atom. The Bertz CT molecular complexity index is 610. The molecule has 1 N–H and O–H groups in total. The van der Waals surface area contributed by atoms with E-state index in [0.29, 0.717) is 12.1 Å². The van der Waals surface area contributed by atoms with E-state index in [1.54, 1.807) is 13.0 Å². The zero-order valence-corrected chi connectivity index (χ0v) is 10.9. The SMILES string of the molecule is Cc1c(F)cccc1NCc1ccc2c(c1)CCO2. The maximum absolute atomic E-state index is 13.4. The Balaban J connectivity index is 1.74. The van der Waals surface area contributed by atoms with Crippen molar-refractivity contribution in [2.75, 3.05) is 11.9 Å². The van der Waals surface area contributed by atoms with Crippen LogP contribution in [0.25, 0.3) is 0 Å². The summed E-state index contributed by atoms with van der Waals surface area (Å²) in [5.74, 6) is 0.818. The summed E-state index contributed by atoms with van der Waals surface area (Å²) in [6, 6.07) is 11.3. The number of halogens is 1.